The fraction of sp³-hybridized carbons (Fsp3) is 0.875. The molecule has 0 aromatic carbocycles. The first kappa shape index (κ1) is 21.1. The Bertz CT molecular complexity index is 699. The van der Waals surface area contributed by atoms with Crippen LogP contribution in [0.5, 0.6) is 0 Å². The van der Waals surface area contributed by atoms with E-state index in [0.29, 0.717) is 30.2 Å². The maximum absolute atomic E-state index is 13.3. The number of urea groups is 1. The van der Waals surface area contributed by atoms with E-state index in [1.165, 1.54) is 19.3 Å². The summed E-state index contributed by atoms with van der Waals surface area (Å²) >= 11 is 0. The summed E-state index contributed by atoms with van der Waals surface area (Å²) in [5, 5.41) is 3.27. The molecular formula is C24H38N4O3. The average Bonchev–Trinajstić information content (AvgIpc) is 2.80. The molecule has 0 aromatic rings. The van der Waals surface area contributed by atoms with Gasteiger partial charge in [-0.1, -0.05) is 19.3 Å². The van der Waals surface area contributed by atoms with Crippen molar-refractivity contribution in [1.29, 1.82) is 0 Å². The Hall–Kier alpha value is -1.79. The molecule has 4 heterocycles. The molecule has 3 atom stereocenters. The fourth-order valence-electron chi connectivity index (χ4n) is 6.87. The van der Waals surface area contributed by atoms with Crippen LogP contribution in [0.2, 0.25) is 0 Å². The minimum absolute atomic E-state index is 0.169. The van der Waals surface area contributed by atoms with Gasteiger partial charge in [0.15, 0.2) is 0 Å². The lowest BCUT2D eigenvalue weighted by atomic mass is 9.76. The maximum Gasteiger partial charge on any atom is 0.320 e. The Labute approximate surface area is 185 Å². The number of nitrogens with one attached hydrogen (secondary N) is 1. The van der Waals surface area contributed by atoms with Gasteiger partial charge >= 0.3 is 6.03 Å². The fourth-order valence-corrected chi connectivity index (χ4v) is 6.87. The van der Waals surface area contributed by atoms with Gasteiger partial charge in [-0.05, 0) is 56.8 Å². The van der Waals surface area contributed by atoms with Crippen molar-refractivity contribution in [2.24, 2.45) is 17.8 Å². The van der Waals surface area contributed by atoms with Crippen LogP contribution in [-0.2, 0) is 9.59 Å². The molecule has 0 aromatic heterocycles. The second-order valence-electron chi connectivity index (χ2n) is 10.7. The van der Waals surface area contributed by atoms with Gasteiger partial charge in [0.05, 0.1) is 0 Å². The SMILES string of the molecule is O=C(NC1CCN(C(=O)N2C[C@H]3C[C@H](C2)[C@H]2CCCC(=O)N2C3)CC1)C1CCCCC1. The van der Waals surface area contributed by atoms with Gasteiger partial charge in [0.2, 0.25) is 11.8 Å². The minimum Gasteiger partial charge on any atom is -0.353 e. The first-order valence-electron chi connectivity index (χ1n) is 12.7. The Morgan fingerprint density at radius 3 is 2.39 bits per heavy atom. The molecule has 5 aliphatic rings. The van der Waals surface area contributed by atoms with E-state index in [-0.39, 0.29) is 23.9 Å². The van der Waals surface area contributed by atoms with E-state index in [4.69, 9.17) is 0 Å². The zero-order valence-corrected chi connectivity index (χ0v) is 18.8. The largest absolute Gasteiger partial charge is 0.353 e. The van der Waals surface area contributed by atoms with Crippen LogP contribution in [0.15, 0.2) is 0 Å². The molecular weight excluding hydrogens is 392 g/mol. The molecule has 4 saturated heterocycles. The number of likely N-dealkylation sites (tertiary alicyclic amines) is 2. The molecule has 5 fully saturated rings. The third-order valence-corrected chi connectivity index (χ3v) is 8.54. The molecule has 7 heteroatoms. The predicted octanol–water partition coefficient (Wildman–Crippen LogP) is 2.60. The summed E-state index contributed by atoms with van der Waals surface area (Å²) in [6.07, 6.45) is 11.3. The topological polar surface area (TPSA) is 73.0 Å². The van der Waals surface area contributed by atoms with Crippen molar-refractivity contribution in [3.05, 3.63) is 0 Å². The quantitative estimate of drug-likeness (QED) is 0.732. The summed E-state index contributed by atoms with van der Waals surface area (Å²) in [5.74, 6) is 1.62. The van der Waals surface area contributed by atoms with Crippen molar-refractivity contribution < 1.29 is 14.4 Å². The predicted molar refractivity (Wildman–Crippen MR) is 117 cm³/mol. The number of rotatable bonds is 2. The van der Waals surface area contributed by atoms with Crippen LogP contribution in [0, 0.1) is 17.8 Å². The Balaban J connectivity index is 1.12. The monoisotopic (exact) mass is 430 g/mol. The number of carbonyl (C=O) groups excluding carboxylic acids is 3. The number of hydrogen-bond donors (Lipinski definition) is 1. The highest BCUT2D eigenvalue weighted by Crippen LogP contribution is 2.38. The van der Waals surface area contributed by atoms with Crippen LogP contribution in [0.3, 0.4) is 0 Å². The van der Waals surface area contributed by atoms with Gasteiger partial charge in [-0.25, -0.2) is 4.79 Å². The highest BCUT2D eigenvalue weighted by atomic mass is 16.2. The zero-order valence-electron chi connectivity index (χ0n) is 18.8. The van der Waals surface area contributed by atoms with Gasteiger partial charge in [0, 0.05) is 57.1 Å². The van der Waals surface area contributed by atoms with Gasteiger partial charge in [-0.3, -0.25) is 9.59 Å². The molecule has 0 unspecified atom stereocenters. The first-order chi connectivity index (χ1) is 15.1. The van der Waals surface area contributed by atoms with Crippen molar-refractivity contribution in [1.82, 2.24) is 20.0 Å². The number of nitrogens with zero attached hydrogens (tertiary/aromatic N) is 3. The molecule has 4 aliphatic heterocycles. The van der Waals surface area contributed by atoms with Crippen molar-refractivity contribution >= 4 is 17.8 Å². The number of amides is 4. The van der Waals surface area contributed by atoms with Gasteiger partial charge in [0.1, 0.15) is 0 Å². The van der Waals surface area contributed by atoms with Crippen molar-refractivity contribution in [2.45, 2.75) is 82.7 Å². The van der Waals surface area contributed by atoms with Crippen LogP contribution in [0.4, 0.5) is 4.79 Å². The molecule has 0 spiro atoms. The third kappa shape index (κ3) is 4.42. The summed E-state index contributed by atoms with van der Waals surface area (Å²) in [7, 11) is 0. The molecule has 1 N–H and O–H groups in total. The normalized spacial score (nSPS) is 32.6. The highest BCUT2D eigenvalue weighted by Gasteiger charge is 2.45. The molecule has 7 nitrogen and oxygen atoms in total. The van der Waals surface area contributed by atoms with Crippen molar-refractivity contribution in [3.63, 3.8) is 0 Å². The van der Waals surface area contributed by atoms with Gasteiger partial charge < -0.3 is 20.0 Å². The second-order valence-corrected chi connectivity index (χ2v) is 10.7. The Morgan fingerprint density at radius 2 is 1.61 bits per heavy atom. The zero-order chi connectivity index (χ0) is 21.4. The first-order valence-corrected chi connectivity index (χ1v) is 12.7. The minimum atomic E-state index is 0.169. The molecule has 1 aliphatic carbocycles. The van der Waals surface area contributed by atoms with Crippen molar-refractivity contribution in [3.8, 4) is 0 Å². The van der Waals surface area contributed by atoms with E-state index in [1.807, 2.05) is 4.90 Å². The number of carbonyl (C=O) groups is 3. The van der Waals surface area contributed by atoms with E-state index in [2.05, 4.69) is 15.1 Å². The average molecular weight is 431 g/mol. The summed E-state index contributed by atoms with van der Waals surface area (Å²) < 4.78 is 0. The lowest BCUT2D eigenvalue weighted by molar-refractivity contribution is -0.144. The number of fused-ring (bicyclic) bond motifs is 4. The van der Waals surface area contributed by atoms with Crippen molar-refractivity contribution in [2.75, 3.05) is 32.7 Å². The summed E-state index contributed by atoms with van der Waals surface area (Å²) in [6, 6.07) is 0.720. The third-order valence-electron chi connectivity index (χ3n) is 8.54. The maximum atomic E-state index is 13.3. The van der Waals surface area contributed by atoms with Crippen LogP contribution in [-0.4, -0.2) is 77.4 Å². The van der Waals surface area contributed by atoms with Gasteiger partial charge in [0.25, 0.3) is 0 Å². The summed E-state index contributed by atoms with van der Waals surface area (Å²) in [4.78, 5) is 44.3. The van der Waals surface area contributed by atoms with Crippen LogP contribution < -0.4 is 5.32 Å². The molecule has 31 heavy (non-hydrogen) atoms. The van der Waals surface area contributed by atoms with E-state index in [9.17, 15) is 14.4 Å². The molecule has 4 amide bonds. The molecule has 0 radical (unpaired) electrons. The highest BCUT2D eigenvalue weighted by molar-refractivity contribution is 5.79. The molecule has 1 saturated carbocycles. The van der Waals surface area contributed by atoms with E-state index >= 15 is 0 Å². The standard InChI is InChI=1S/C24H38N4O3/c29-22-8-4-7-21-19-13-17(15-28(21)22)14-27(16-19)24(31)26-11-9-20(10-12-26)25-23(30)18-5-2-1-3-6-18/h17-21H,1-16H2,(H,25,30)/t17-,19-,21-/m1/s1. The lowest BCUT2D eigenvalue weighted by Crippen LogP contribution is -2.62. The molecule has 2 bridgehead atoms. The lowest BCUT2D eigenvalue weighted by Gasteiger charge is -2.53. The summed E-state index contributed by atoms with van der Waals surface area (Å²) in [6.45, 7) is 3.87. The number of piperidine rings is 4. The van der Waals surface area contributed by atoms with Crippen LogP contribution in [0.1, 0.15) is 70.6 Å². The van der Waals surface area contributed by atoms with Gasteiger partial charge in [-0.2, -0.15) is 0 Å². The van der Waals surface area contributed by atoms with Crippen LogP contribution >= 0.6 is 0 Å². The molecule has 5 rings (SSSR count). The second kappa shape index (κ2) is 8.99. The Morgan fingerprint density at radius 1 is 0.839 bits per heavy atom. The smallest absolute Gasteiger partial charge is 0.320 e. The summed E-state index contributed by atoms with van der Waals surface area (Å²) in [5.41, 5.74) is 0. The van der Waals surface area contributed by atoms with Crippen LogP contribution in [0.25, 0.3) is 0 Å². The van der Waals surface area contributed by atoms with E-state index < -0.39 is 0 Å². The Kier molecular flexibility index (Phi) is 6.11. The number of hydrogen-bond acceptors (Lipinski definition) is 3. The van der Waals surface area contributed by atoms with E-state index in [0.717, 1.165) is 77.7 Å². The van der Waals surface area contributed by atoms with Gasteiger partial charge in [-0.15, -0.1) is 0 Å². The van der Waals surface area contributed by atoms with E-state index in [1.54, 1.807) is 0 Å². The molecule has 172 valence electrons.